The largest absolute Gasteiger partial charge is 0.363 e. The normalized spacial score (nSPS) is 14.2. The highest BCUT2D eigenvalue weighted by Gasteiger charge is 2.31. The molecule has 0 radical (unpaired) electrons. The predicted molar refractivity (Wildman–Crippen MR) is 116 cm³/mol. The summed E-state index contributed by atoms with van der Waals surface area (Å²) in [6, 6.07) is 4.76. The van der Waals surface area contributed by atoms with Crippen molar-refractivity contribution in [1.82, 2.24) is 10.2 Å². The fraction of sp³-hybridized carbons (Fsp3) is 0.200. The van der Waals surface area contributed by atoms with Crippen LogP contribution in [0.4, 0.5) is 27.6 Å². The van der Waals surface area contributed by atoms with Crippen LogP contribution in [0, 0.1) is 29.1 Å². The van der Waals surface area contributed by atoms with Gasteiger partial charge in [-0.15, -0.1) is 0 Å². The Morgan fingerprint density at radius 1 is 0.938 bits per heavy atom. The molecule has 12 heteroatoms. The zero-order valence-electron chi connectivity index (χ0n) is 16.1. The topological polar surface area (TPSA) is 35.6 Å². The first-order valence-corrected chi connectivity index (χ1v) is 10.3. The fourth-order valence-corrected chi connectivity index (χ4v) is 3.79. The lowest BCUT2D eigenvalue weighted by molar-refractivity contribution is -0.115. The number of carbonyl (C=O) groups is 1. The molecule has 1 fully saturated rings. The molecule has 0 aromatic heterocycles. The van der Waals surface area contributed by atoms with E-state index in [2.05, 4.69) is 5.32 Å². The Balaban J connectivity index is 1.60. The summed E-state index contributed by atoms with van der Waals surface area (Å²) in [5, 5.41) is 3.34. The monoisotopic (exact) mass is 509 g/mol. The number of hydrogen-bond acceptors (Lipinski definition) is 3. The first-order chi connectivity index (χ1) is 15.1. The molecule has 0 aliphatic carbocycles. The molecule has 2 aromatic rings. The van der Waals surface area contributed by atoms with Crippen LogP contribution in [0.25, 0.3) is 6.08 Å². The van der Waals surface area contributed by atoms with E-state index in [4.69, 9.17) is 35.4 Å². The summed E-state index contributed by atoms with van der Waals surface area (Å²) in [7, 11) is 0. The molecule has 1 heterocycles. The number of hydrogen-bond donors (Lipinski definition) is 1. The van der Waals surface area contributed by atoms with E-state index in [0.717, 1.165) is 4.90 Å². The summed E-state index contributed by atoms with van der Waals surface area (Å²) in [4.78, 5) is 14.7. The van der Waals surface area contributed by atoms with Gasteiger partial charge in [-0.05, 0) is 36.0 Å². The van der Waals surface area contributed by atoms with Crippen molar-refractivity contribution in [3.05, 3.63) is 69.0 Å². The standard InChI is InChI=1S/C20H14Cl2F5N3OS/c21-11-3-1-10(12(22)9-11)2-4-13(31)28-20(32)30-7-5-29(6-8-30)19-17(26)15(24)14(23)16(25)18(19)27/h1-4,9H,5-8H2,(H,28,31,32)/b4-2+. The molecule has 1 aliphatic rings. The van der Waals surface area contributed by atoms with Gasteiger partial charge in [-0.2, -0.15) is 0 Å². The van der Waals surface area contributed by atoms with Crippen molar-refractivity contribution in [2.75, 3.05) is 31.1 Å². The number of benzene rings is 2. The van der Waals surface area contributed by atoms with Gasteiger partial charge >= 0.3 is 0 Å². The zero-order chi connectivity index (χ0) is 23.6. The molecule has 2 aromatic carbocycles. The Bertz CT molecular complexity index is 1080. The first kappa shape index (κ1) is 24.2. The van der Waals surface area contributed by atoms with Gasteiger partial charge in [0, 0.05) is 42.3 Å². The minimum Gasteiger partial charge on any atom is -0.363 e. The maximum atomic E-state index is 14.0. The molecule has 0 unspecified atom stereocenters. The van der Waals surface area contributed by atoms with Gasteiger partial charge in [0.1, 0.15) is 5.69 Å². The molecular formula is C20H14Cl2F5N3OS. The molecule has 1 N–H and O–H groups in total. The molecule has 4 nitrogen and oxygen atoms in total. The van der Waals surface area contributed by atoms with Gasteiger partial charge in [0.2, 0.25) is 11.7 Å². The number of rotatable bonds is 3. The highest BCUT2D eigenvalue weighted by Crippen LogP contribution is 2.30. The van der Waals surface area contributed by atoms with Crippen LogP contribution in [0.1, 0.15) is 5.56 Å². The third-order valence-electron chi connectivity index (χ3n) is 4.68. The van der Waals surface area contributed by atoms with Gasteiger partial charge in [0.15, 0.2) is 28.4 Å². The minimum absolute atomic E-state index is 0.0546. The number of amides is 1. The van der Waals surface area contributed by atoms with Gasteiger partial charge in [0.25, 0.3) is 0 Å². The Kier molecular flexibility index (Phi) is 7.58. The lowest BCUT2D eigenvalue weighted by Crippen LogP contribution is -2.53. The smallest absolute Gasteiger partial charge is 0.250 e. The summed E-state index contributed by atoms with van der Waals surface area (Å²) in [6.07, 6.45) is 2.68. The molecule has 0 atom stereocenters. The van der Waals surface area contributed by atoms with Crippen molar-refractivity contribution in [1.29, 1.82) is 0 Å². The maximum absolute atomic E-state index is 14.0. The highest BCUT2D eigenvalue weighted by atomic mass is 35.5. The summed E-state index contributed by atoms with van der Waals surface area (Å²) in [5.41, 5.74) is -0.424. The molecule has 1 saturated heterocycles. The Labute approximate surface area is 195 Å². The second kappa shape index (κ2) is 10.0. The molecule has 0 saturated carbocycles. The minimum atomic E-state index is -2.21. The van der Waals surface area contributed by atoms with E-state index in [9.17, 15) is 26.7 Å². The zero-order valence-corrected chi connectivity index (χ0v) is 18.4. The fourth-order valence-electron chi connectivity index (χ4n) is 3.03. The van der Waals surface area contributed by atoms with Gasteiger partial charge in [-0.3, -0.25) is 10.1 Å². The molecule has 3 rings (SSSR count). The first-order valence-electron chi connectivity index (χ1n) is 9.09. The second-order valence-electron chi connectivity index (χ2n) is 6.69. The maximum Gasteiger partial charge on any atom is 0.250 e. The van der Waals surface area contributed by atoms with Crippen LogP contribution in [0.5, 0.6) is 0 Å². The number of piperazine rings is 1. The van der Waals surface area contributed by atoms with Crippen LogP contribution in [0.15, 0.2) is 24.3 Å². The van der Waals surface area contributed by atoms with E-state index < -0.39 is 40.7 Å². The van der Waals surface area contributed by atoms with Gasteiger partial charge in [-0.1, -0.05) is 29.3 Å². The number of nitrogens with zero attached hydrogens (tertiary/aromatic N) is 2. The molecule has 1 aliphatic heterocycles. The Morgan fingerprint density at radius 3 is 2.06 bits per heavy atom. The number of nitrogens with one attached hydrogen (secondary N) is 1. The van der Waals surface area contributed by atoms with E-state index in [1.807, 2.05) is 0 Å². The summed E-state index contributed by atoms with van der Waals surface area (Å²) in [6.45, 7) is 0.0197. The average molecular weight is 510 g/mol. The summed E-state index contributed by atoms with van der Waals surface area (Å²) >= 11 is 17.0. The van der Waals surface area contributed by atoms with Crippen molar-refractivity contribution in [2.24, 2.45) is 0 Å². The number of anilines is 1. The average Bonchev–Trinajstić information content (AvgIpc) is 2.76. The molecular weight excluding hydrogens is 496 g/mol. The predicted octanol–water partition coefficient (Wildman–Crippen LogP) is 4.93. The van der Waals surface area contributed by atoms with Crippen LogP contribution in [-0.2, 0) is 4.79 Å². The quantitative estimate of drug-likeness (QED) is 0.209. The van der Waals surface area contributed by atoms with Crippen molar-refractivity contribution in [3.8, 4) is 0 Å². The van der Waals surface area contributed by atoms with E-state index in [0.29, 0.717) is 15.6 Å². The van der Waals surface area contributed by atoms with Crippen LogP contribution >= 0.6 is 35.4 Å². The number of carbonyl (C=O) groups excluding carboxylic acids is 1. The van der Waals surface area contributed by atoms with E-state index in [1.165, 1.54) is 18.2 Å². The third kappa shape index (κ3) is 5.13. The molecule has 0 spiro atoms. The van der Waals surface area contributed by atoms with Crippen molar-refractivity contribution in [3.63, 3.8) is 0 Å². The van der Waals surface area contributed by atoms with Crippen molar-refractivity contribution >= 4 is 58.2 Å². The van der Waals surface area contributed by atoms with Crippen LogP contribution in [0.2, 0.25) is 10.0 Å². The molecule has 32 heavy (non-hydrogen) atoms. The van der Waals surface area contributed by atoms with Crippen molar-refractivity contribution < 1.29 is 26.7 Å². The van der Waals surface area contributed by atoms with Crippen LogP contribution in [-0.4, -0.2) is 42.1 Å². The van der Waals surface area contributed by atoms with Gasteiger partial charge in [-0.25, -0.2) is 22.0 Å². The van der Waals surface area contributed by atoms with E-state index in [1.54, 1.807) is 17.0 Å². The van der Waals surface area contributed by atoms with E-state index in [-0.39, 0.29) is 31.3 Å². The lowest BCUT2D eigenvalue weighted by atomic mass is 10.2. The van der Waals surface area contributed by atoms with Crippen LogP contribution in [0.3, 0.4) is 0 Å². The summed E-state index contributed by atoms with van der Waals surface area (Å²) < 4.78 is 68.2. The molecule has 170 valence electrons. The highest BCUT2D eigenvalue weighted by molar-refractivity contribution is 7.80. The van der Waals surface area contributed by atoms with Crippen LogP contribution < -0.4 is 10.2 Å². The summed E-state index contributed by atoms with van der Waals surface area (Å²) in [5.74, 6) is -10.5. The van der Waals surface area contributed by atoms with E-state index >= 15 is 0 Å². The Morgan fingerprint density at radius 2 is 1.50 bits per heavy atom. The van der Waals surface area contributed by atoms with Crippen molar-refractivity contribution in [2.45, 2.75) is 0 Å². The molecule has 1 amide bonds. The number of halogens is 7. The third-order valence-corrected chi connectivity index (χ3v) is 5.60. The lowest BCUT2D eigenvalue weighted by Gasteiger charge is -2.37. The van der Waals surface area contributed by atoms with Gasteiger partial charge < -0.3 is 9.80 Å². The molecule has 0 bridgehead atoms. The Hall–Kier alpha value is -2.43. The van der Waals surface area contributed by atoms with Gasteiger partial charge in [0.05, 0.1) is 0 Å². The number of thiocarbonyl (C=S) groups is 1. The SMILES string of the molecule is O=C(/C=C/c1ccc(Cl)cc1Cl)NC(=S)N1CCN(c2c(F)c(F)c(F)c(F)c2F)CC1. The second-order valence-corrected chi connectivity index (χ2v) is 7.92.